The number of anilines is 1. The van der Waals surface area contributed by atoms with Gasteiger partial charge < -0.3 is 15.3 Å². The molecule has 0 heterocycles. The first-order valence-electron chi connectivity index (χ1n) is 5.19. The Hall–Kier alpha value is -2.25. The Morgan fingerprint density at radius 2 is 1.79 bits per heavy atom. The molecule has 0 radical (unpaired) electrons. The third kappa shape index (κ3) is 4.16. The minimum Gasteiger partial charge on any atom is -0.481 e. The summed E-state index contributed by atoms with van der Waals surface area (Å²) in [5, 5.41) is 10.3. The van der Waals surface area contributed by atoms with Crippen molar-refractivity contribution in [2.45, 2.75) is 6.42 Å². The van der Waals surface area contributed by atoms with E-state index in [4.69, 9.17) is 5.11 Å². The lowest BCUT2D eigenvalue weighted by molar-refractivity contribution is -0.137. The van der Waals surface area contributed by atoms with Crippen LogP contribution in [0.1, 0.15) is 6.42 Å². The van der Waals surface area contributed by atoms with Crippen molar-refractivity contribution in [3.63, 3.8) is 0 Å². The number of aliphatic carboxylic acids is 1. The van der Waals surface area contributed by atoms with Crippen molar-refractivity contribution in [2.24, 2.45) is 0 Å². The number of rotatable bonds is 4. The highest BCUT2D eigenvalue weighted by molar-refractivity contribution is 5.89. The summed E-state index contributed by atoms with van der Waals surface area (Å²) >= 11 is 0. The van der Waals surface area contributed by atoms with Gasteiger partial charge in [0.15, 0.2) is 11.6 Å². The number of hydrogen-bond acceptors (Lipinski definition) is 2. The number of carbonyl (C=O) groups excluding carboxylic acids is 1. The molecule has 0 saturated carbocycles. The number of carboxylic acids is 1. The Balaban J connectivity index is 2.74. The first-order valence-corrected chi connectivity index (χ1v) is 5.19. The van der Waals surface area contributed by atoms with Crippen molar-refractivity contribution >= 4 is 17.7 Å². The molecule has 0 bridgehead atoms. The lowest BCUT2D eigenvalue weighted by Crippen LogP contribution is -2.33. The summed E-state index contributed by atoms with van der Waals surface area (Å²) in [5.74, 6) is -4.72. The van der Waals surface area contributed by atoms with Gasteiger partial charge in [-0.2, -0.15) is 0 Å². The summed E-state index contributed by atoms with van der Waals surface area (Å²) in [6, 6.07) is -0.0445. The second-order valence-electron chi connectivity index (χ2n) is 3.74. The monoisotopic (exact) mass is 276 g/mol. The van der Waals surface area contributed by atoms with Crippen molar-refractivity contribution < 1.29 is 27.9 Å². The highest BCUT2D eigenvalue weighted by Crippen LogP contribution is 2.20. The largest absolute Gasteiger partial charge is 0.481 e. The minimum absolute atomic E-state index is 0.133. The highest BCUT2D eigenvalue weighted by Gasteiger charge is 2.17. The Morgan fingerprint density at radius 3 is 2.26 bits per heavy atom. The van der Waals surface area contributed by atoms with E-state index in [1.165, 1.54) is 7.05 Å². The average Bonchev–Trinajstić information content (AvgIpc) is 2.30. The molecule has 19 heavy (non-hydrogen) atoms. The molecule has 2 amide bonds. The van der Waals surface area contributed by atoms with Crippen molar-refractivity contribution in [3.8, 4) is 0 Å². The molecule has 0 aromatic heterocycles. The smallest absolute Gasteiger partial charge is 0.321 e. The predicted octanol–water partition coefficient (Wildman–Crippen LogP) is 2.04. The van der Waals surface area contributed by atoms with Crippen LogP contribution < -0.4 is 5.32 Å². The molecular weight excluding hydrogens is 265 g/mol. The fraction of sp³-hybridized carbons (Fsp3) is 0.273. The number of nitrogens with one attached hydrogen (secondary N) is 1. The van der Waals surface area contributed by atoms with Gasteiger partial charge >= 0.3 is 12.0 Å². The Kier molecular flexibility index (Phi) is 4.74. The fourth-order valence-corrected chi connectivity index (χ4v) is 1.23. The topological polar surface area (TPSA) is 69.6 Å². The van der Waals surface area contributed by atoms with E-state index < -0.39 is 35.1 Å². The molecule has 0 spiro atoms. The van der Waals surface area contributed by atoms with Crippen LogP contribution in [0, 0.1) is 17.5 Å². The van der Waals surface area contributed by atoms with Crippen molar-refractivity contribution in [2.75, 3.05) is 18.9 Å². The summed E-state index contributed by atoms with van der Waals surface area (Å²) in [6.07, 6.45) is -0.307. The molecule has 1 rings (SSSR count). The Labute approximate surface area is 106 Å². The quantitative estimate of drug-likeness (QED) is 0.884. The SMILES string of the molecule is CN(CCC(=O)O)C(=O)Nc1c(F)cc(F)cc1F. The molecule has 1 aromatic rings. The first-order chi connectivity index (χ1) is 8.81. The Morgan fingerprint density at radius 1 is 1.26 bits per heavy atom. The molecule has 2 N–H and O–H groups in total. The molecule has 0 aliphatic carbocycles. The van der Waals surface area contributed by atoms with Crippen LogP contribution in [0.3, 0.4) is 0 Å². The number of carbonyl (C=O) groups is 2. The first kappa shape index (κ1) is 14.8. The van der Waals surface area contributed by atoms with Gasteiger partial charge in [0.05, 0.1) is 6.42 Å². The van der Waals surface area contributed by atoms with E-state index in [1.54, 1.807) is 0 Å². The Bertz CT molecular complexity index is 485. The lowest BCUT2D eigenvalue weighted by Gasteiger charge is -2.17. The summed E-state index contributed by atoms with van der Waals surface area (Å²) in [4.78, 5) is 22.8. The van der Waals surface area contributed by atoms with Crippen LogP contribution in [0.5, 0.6) is 0 Å². The molecule has 0 aliphatic heterocycles. The number of halogens is 3. The zero-order valence-electron chi connectivity index (χ0n) is 9.91. The maximum atomic E-state index is 13.2. The summed E-state index contributed by atoms with van der Waals surface area (Å²) in [6.45, 7) is -0.133. The molecule has 8 heteroatoms. The number of carboxylic acid groups (broad SMARTS) is 1. The third-order valence-corrected chi connectivity index (χ3v) is 2.25. The summed E-state index contributed by atoms with van der Waals surface area (Å²) in [5.41, 5.74) is -0.784. The van der Waals surface area contributed by atoms with Gasteiger partial charge in [0.2, 0.25) is 0 Å². The van der Waals surface area contributed by atoms with Gasteiger partial charge in [-0.05, 0) is 0 Å². The second kappa shape index (κ2) is 6.07. The average molecular weight is 276 g/mol. The van der Waals surface area contributed by atoms with Gasteiger partial charge in [0, 0.05) is 25.7 Å². The molecule has 5 nitrogen and oxygen atoms in total. The van der Waals surface area contributed by atoms with E-state index in [9.17, 15) is 22.8 Å². The maximum Gasteiger partial charge on any atom is 0.321 e. The minimum atomic E-state index is -1.25. The van der Waals surface area contributed by atoms with E-state index >= 15 is 0 Å². The molecule has 0 saturated heterocycles. The van der Waals surface area contributed by atoms with Crippen LogP contribution in [0.25, 0.3) is 0 Å². The van der Waals surface area contributed by atoms with E-state index in [1.807, 2.05) is 5.32 Å². The van der Waals surface area contributed by atoms with Gasteiger partial charge in [-0.25, -0.2) is 18.0 Å². The molecule has 0 fully saturated rings. The molecule has 0 aliphatic rings. The zero-order valence-corrected chi connectivity index (χ0v) is 9.91. The normalized spacial score (nSPS) is 10.1. The van der Waals surface area contributed by atoms with E-state index in [0.29, 0.717) is 12.1 Å². The standard InChI is InChI=1S/C11H11F3N2O3/c1-16(3-2-9(17)18)11(19)15-10-7(13)4-6(12)5-8(10)14/h4-5H,2-3H2,1H3,(H,15,19)(H,17,18). The van der Waals surface area contributed by atoms with Crippen LogP contribution in [0.2, 0.25) is 0 Å². The molecule has 0 unspecified atom stereocenters. The lowest BCUT2D eigenvalue weighted by atomic mass is 10.3. The third-order valence-electron chi connectivity index (χ3n) is 2.25. The van der Waals surface area contributed by atoms with Crippen LogP contribution in [0.15, 0.2) is 12.1 Å². The van der Waals surface area contributed by atoms with Crippen molar-refractivity contribution in [1.82, 2.24) is 4.90 Å². The summed E-state index contributed by atoms with van der Waals surface area (Å²) in [7, 11) is 1.26. The number of nitrogens with zero attached hydrogens (tertiary/aromatic N) is 1. The summed E-state index contributed by atoms with van der Waals surface area (Å²) < 4.78 is 39.1. The van der Waals surface area contributed by atoms with Crippen LogP contribution >= 0.6 is 0 Å². The van der Waals surface area contributed by atoms with E-state index in [0.717, 1.165) is 4.90 Å². The number of amides is 2. The van der Waals surface area contributed by atoms with Crippen LogP contribution in [-0.4, -0.2) is 35.6 Å². The second-order valence-corrected chi connectivity index (χ2v) is 3.74. The highest BCUT2D eigenvalue weighted by atomic mass is 19.1. The maximum absolute atomic E-state index is 13.2. The number of benzene rings is 1. The van der Waals surface area contributed by atoms with Crippen LogP contribution in [0.4, 0.5) is 23.7 Å². The van der Waals surface area contributed by atoms with Crippen molar-refractivity contribution in [1.29, 1.82) is 0 Å². The molecule has 1 aromatic carbocycles. The van der Waals surface area contributed by atoms with Gasteiger partial charge in [0.1, 0.15) is 11.5 Å². The van der Waals surface area contributed by atoms with Gasteiger partial charge in [-0.3, -0.25) is 4.79 Å². The van der Waals surface area contributed by atoms with E-state index in [2.05, 4.69) is 0 Å². The van der Waals surface area contributed by atoms with Crippen molar-refractivity contribution in [3.05, 3.63) is 29.6 Å². The number of urea groups is 1. The van der Waals surface area contributed by atoms with Gasteiger partial charge in [-0.15, -0.1) is 0 Å². The van der Waals surface area contributed by atoms with Gasteiger partial charge in [0.25, 0.3) is 0 Å². The zero-order chi connectivity index (χ0) is 14.6. The van der Waals surface area contributed by atoms with Gasteiger partial charge in [-0.1, -0.05) is 0 Å². The molecule has 0 atom stereocenters. The molecular formula is C11H11F3N2O3. The number of hydrogen-bond donors (Lipinski definition) is 2. The van der Waals surface area contributed by atoms with E-state index in [-0.39, 0.29) is 13.0 Å². The predicted molar refractivity (Wildman–Crippen MR) is 60.2 cm³/mol. The molecule has 104 valence electrons. The fourth-order valence-electron chi connectivity index (χ4n) is 1.23. The van der Waals surface area contributed by atoms with Crippen LogP contribution in [-0.2, 0) is 4.79 Å².